The van der Waals surface area contributed by atoms with Gasteiger partial charge >= 0.3 is 5.97 Å². The molecule has 0 aliphatic rings. The molecule has 180 valence electrons. The van der Waals surface area contributed by atoms with Crippen LogP contribution in [0.4, 0.5) is 4.39 Å². The molecule has 0 aliphatic carbocycles. The van der Waals surface area contributed by atoms with Gasteiger partial charge in [-0.2, -0.15) is 0 Å². The predicted octanol–water partition coefficient (Wildman–Crippen LogP) is 6.75. The summed E-state index contributed by atoms with van der Waals surface area (Å²) < 4.78 is 35.5. The summed E-state index contributed by atoms with van der Waals surface area (Å²) >= 11 is 6.28. The molecule has 0 amide bonds. The van der Waals surface area contributed by atoms with Crippen molar-refractivity contribution in [2.45, 2.75) is 32.3 Å². The Kier molecular flexibility index (Phi) is 8.60. The van der Waals surface area contributed by atoms with Crippen LogP contribution < -0.4 is 18.9 Å². The molecule has 34 heavy (non-hydrogen) atoms. The van der Waals surface area contributed by atoms with Crippen LogP contribution in [-0.2, 0) is 4.79 Å². The number of benzene rings is 3. The van der Waals surface area contributed by atoms with Crippen molar-refractivity contribution in [2.75, 3.05) is 13.2 Å². The summed E-state index contributed by atoms with van der Waals surface area (Å²) in [6, 6.07) is 17.7. The molecule has 0 radical (unpaired) electrons. The third-order valence-corrected chi connectivity index (χ3v) is 5.02. The minimum Gasteiger partial charge on any atom is -0.494 e. The highest BCUT2D eigenvalue weighted by atomic mass is 35.5. The number of carboxylic acids is 1. The molecule has 0 aromatic heterocycles. The van der Waals surface area contributed by atoms with E-state index in [1.165, 1.54) is 38.1 Å². The summed E-state index contributed by atoms with van der Waals surface area (Å²) in [5.74, 6) is 1.35. The van der Waals surface area contributed by atoms with Crippen molar-refractivity contribution in [3.8, 4) is 28.7 Å². The Balaban J connectivity index is 1.36. The molecule has 6 nitrogen and oxygen atoms in total. The second-order valence-electron chi connectivity index (χ2n) is 7.94. The quantitative estimate of drug-likeness (QED) is 0.284. The molecule has 0 saturated heterocycles. The first kappa shape index (κ1) is 25.2. The number of ether oxygens (including phenoxy) is 4. The zero-order valence-corrected chi connectivity index (χ0v) is 19.7. The minimum atomic E-state index is -1.30. The van der Waals surface area contributed by atoms with Gasteiger partial charge in [0.05, 0.1) is 18.2 Å². The lowest BCUT2D eigenvalue weighted by atomic mass is 10.1. The molecule has 0 atom stereocenters. The maximum absolute atomic E-state index is 13.0. The van der Waals surface area contributed by atoms with E-state index in [-0.39, 0.29) is 5.82 Å². The molecule has 0 heterocycles. The summed E-state index contributed by atoms with van der Waals surface area (Å²) in [5.41, 5.74) is -1.30. The van der Waals surface area contributed by atoms with E-state index in [0.717, 1.165) is 12.8 Å². The second-order valence-corrected chi connectivity index (χ2v) is 8.35. The largest absolute Gasteiger partial charge is 0.494 e. The van der Waals surface area contributed by atoms with Gasteiger partial charge in [-0.1, -0.05) is 11.6 Å². The van der Waals surface area contributed by atoms with Gasteiger partial charge < -0.3 is 24.1 Å². The van der Waals surface area contributed by atoms with Crippen LogP contribution in [0.15, 0.2) is 66.7 Å². The lowest BCUT2D eigenvalue weighted by Gasteiger charge is -2.21. The van der Waals surface area contributed by atoms with Gasteiger partial charge in [0.15, 0.2) is 5.60 Å². The third-order valence-electron chi connectivity index (χ3n) is 4.73. The van der Waals surface area contributed by atoms with Crippen molar-refractivity contribution in [1.29, 1.82) is 0 Å². The van der Waals surface area contributed by atoms with Crippen LogP contribution in [-0.4, -0.2) is 29.9 Å². The highest BCUT2D eigenvalue weighted by Crippen LogP contribution is 2.31. The van der Waals surface area contributed by atoms with Crippen LogP contribution in [0, 0.1) is 5.82 Å². The van der Waals surface area contributed by atoms with Crippen molar-refractivity contribution < 1.29 is 33.2 Å². The van der Waals surface area contributed by atoms with Crippen molar-refractivity contribution in [1.82, 2.24) is 0 Å². The molecule has 1 N–H and O–H groups in total. The highest BCUT2D eigenvalue weighted by molar-refractivity contribution is 6.32. The SMILES string of the molecule is CC(C)(Oc1ccc(OCCCCOc2ccc(Oc3ccc(F)cc3)cc2Cl)cc1)C(=O)O. The van der Waals surface area contributed by atoms with Gasteiger partial charge in [-0.05, 0) is 87.4 Å². The maximum Gasteiger partial charge on any atom is 0.347 e. The van der Waals surface area contributed by atoms with Crippen molar-refractivity contribution >= 4 is 17.6 Å². The van der Waals surface area contributed by atoms with Gasteiger partial charge in [0.2, 0.25) is 0 Å². The molecule has 0 aliphatic heterocycles. The number of unbranched alkanes of at least 4 members (excludes halogenated alkanes) is 1. The van der Waals surface area contributed by atoms with E-state index in [0.29, 0.717) is 47.0 Å². The fourth-order valence-electron chi connectivity index (χ4n) is 2.82. The topological polar surface area (TPSA) is 74.2 Å². The summed E-state index contributed by atoms with van der Waals surface area (Å²) in [6.45, 7) is 3.96. The number of aliphatic carboxylic acids is 1. The van der Waals surface area contributed by atoms with Crippen LogP contribution >= 0.6 is 11.6 Å². The molecule has 0 spiro atoms. The number of carbonyl (C=O) groups is 1. The second kappa shape index (κ2) is 11.6. The van der Waals surface area contributed by atoms with E-state index in [1.807, 2.05) is 0 Å². The summed E-state index contributed by atoms with van der Waals surface area (Å²) in [5, 5.41) is 9.54. The molecule has 0 unspecified atom stereocenters. The van der Waals surface area contributed by atoms with Gasteiger partial charge in [0, 0.05) is 6.07 Å². The Bertz CT molecular complexity index is 1080. The Morgan fingerprint density at radius 1 is 0.853 bits per heavy atom. The van der Waals surface area contributed by atoms with Crippen LogP contribution in [0.1, 0.15) is 26.7 Å². The molecule has 3 aromatic carbocycles. The number of carboxylic acid groups (broad SMARTS) is 1. The number of rotatable bonds is 12. The fourth-order valence-corrected chi connectivity index (χ4v) is 3.04. The van der Waals surface area contributed by atoms with Crippen molar-refractivity contribution in [2.24, 2.45) is 0 Å². The van der Waals surface area contributed by atoms with Gasteiger partial charge in [-0.15, -0.1) is 0 Å². The Hall–Kier alpha value is -3.45. The number of halogens is 2. The van der Waals surface area contributed by atoms with E-state index in [4.69, 9.17) is 35.7 Å². The van der Waals surface area contributed by atoms with Gasteiger partial charge in [0.25, 0.3) is 0 Å². The lowest BCUT2D eigenvalue weighted by molar-refractivity contribution is -0.152. The average molecular weight is 489 g/mol. The summed E-state index contributed by atoms with van der Waals surface area (Å²) in [6.07, 6.45) is 1.53. The normalized spacial score (nSPS) is 11.1. The third kappa shape index (κ3) is 7.56. The van der Waals surface area contributed by atoms with E-state index >= 15 is 0 Å². The zero-order valence-electron chi connectivity index (χ0n) is 18.9. The van der Waals surface area contributed by atoms with Crippen LogP contribution in [0.25, 0.3) is 0 Å². The van der Waals surface area contributed by atoms with Gasteiger partial charge in [0.1, 0.15) is 34.6 Å². The molecule has 3 aromatic rings. The van der Waals surface area contributed by atoms with E-state index in [1.54, 1.807) is 42.5 Å². The zero-order chi connectivity index (χ0) is 24.6. The average Bonchev–Trinajstić information content (AvgIpc) is 2.79. The molecular weight excluding hydrogens is 463 g/mol. The first-order valence-corrected chi connectivity index (χ1v) is 11.1. The molecule has 8 heteroatoms. The van der Waals surface area contributed by atoms with Crippen LogP contribution in [0.5, 0.6) is 28.7 Å². The van der Waals surface area contributed by atoms with Crippen molar-refractivity contribution in [3.63, 3.8) is 0 Å². The molecule has 0 saturated carbocycles. The van der Waals surface area contributed by atoms with Gasteiger partial charge in [-0.25, -0.2) is 9.18 Å². The Morgan fingerprint density at radius 3 is 2.03 bits per heavy atom. The Morgan fingerprint density at radius 2 is 1.41 bits per heavy atom. The molecule has 3 rings (SSSR count). The highest BCUT2D eigenvalue weighted by Gasteiger charge is 2.29. The fraction of sp³-hybridized carbons (Fsp3) is 0.269. The van der Waals surface area contributed by atoms with E-state index in [2.05, 4.69) is 0 Å². The molecule has 0 bridgehead atoms. The van der Waals surface area contributed by atoms with Crippen molar-refractivity contribution in [3.05, 3.63) is 77.6 Å². The van der Waals surface area contributed by atoms with Crippen LogP contribution in [0.3, 0.4) is 0 Å². The monoisotopic (exact) mass is 488 g/mol. The van der Waals surface area contributed by atoms with E-state index < -0.39 is 11.6 Å². The maximum atomic E-state index is 13.0. The number of hydrogen-bond donors (Lipinski definition) is 1. The lowest BCUT2D eigenvalue weighted by Crippen LogP contribution is -2.37. The summed E-state index contributed by atoms with van der Waals surface area (Å²) in [4.78, 5) is 11.1. The minimum absolute atomic E-state index is 0.329. The molecular formula is C26H26ClFO6. The van der Waals surface area contributed by atoms with E-state index in [9.17, 15) is 9.18 Å². The van der Waals surface area contributed by atoms with Gasteiger partial charge in [-0.3, -0.25) is 0 Å². The smallest absolute Gasteiger partial charge is 0.347 e. The predicted molar refractivity (Wildman–Crippen MR) is 127 cm³/mol. The first-order chi connectivity index (χ1) is 16.2. The molecule has 0 fully saturated rings. The summed E-state index contributed by atoms with van der Waals surface area (Å²) in [7, 11) is 0. The standard InChI is InChI=1S/C26H26ClFO6/c1-26(2,25(29)30)34-21-11-9-19(10-12-21)31-15-3-4-16-32-24-14-13-22(17-23(24)27)33-20-7-5-18(28)6-8-20/h5-14,17H,3-4,15-16H2,1-2H3,(H,29,30). The first-order valence-electron chi connectivity index (χ1n) is 10.7. The van der Waals surface area contributed by atoms with Crippen LogP contribution in [0.2, 0.25) is 5.02 Å². The number of hydrogen-bond acceptors (Lipinski definition) is 5. The Labute approximate surface area is 202 Å².